The predicted molar refractivity (Wildman–Crippen MR) is 147 cm³/mol. The number of aliphatic hydroxyl groups excluding tert-OH is 2. The molecule has 2 unspecified atom stereocenters. The summed E-state index contributed by atoms with van der Waals surface area (Å²) >= 11 is 6.05. The third-order valence-corrected chi connectivity index (χ3v) is 7.18. The number of imidazole rings is 2. The number of likely N-dealkylation sites (tertiary alicyclic amines) is 1. The molecule has 6 N–H and O–H groups in total. The van der Waals surface area contributed by atoms with Crippen LogP contribution in [0.1, 0.15) is 25.3 Å². The van der Waals surface area contributed by atoms with Crippen molar-refractivity contribution in [3.05, 3.63) is 68.5 Å². The molecule has 4 aromatic rings. The Bertz CT molecular complexity index is 1600. The van der Waals surface area contributed by atoms with Gasteiger partial charge in [-0.15, -0.1) is 0 Å². The molecule has 1 aliphatic heterocycles. The number of hydrogen-bond donors (Lipinski definition) is 6. The number of aromatic amines is 2. The van der Waals surface area contributed by atoms with Gasteiger partial charge in [0.2, 0.25) is 0 Å². The zero-order valence-electron chi connectivity index (χ0n) is 21.4. The maximum atomic E-state index is 12.5. The Balaban J connectivity index is 0.000000318. The van der Waals surface area contributed by atoms with Gasteiger partial charge in [0.15, 0.2) is 12.2 Å². The van der Waals surface area contributed by atoms with Gasteiger partial charge >= 0.3 is 23.3 Å². The Hall–Kier alpha value is -3.91. The van der Waals surface area contributed by atoms with Gasteiger partial charge in [0.05, 0.1) is 22.1 Å². The quantitative estimate of drug-likeness (QED) is 0.179. The minimum absolute atomic E-state index is 0.0475. The molecule has 2 aromatic heterocycles. The van der Waals surface area contributed by atoms with E-state index in [-0.39, 0.29) is 17.4 Å². The second kappa shape index (κ2) is 12.5. The number of aromatic nitrogens is 4. The summed E-state index contributed by atoms with van der Waals surface area (Å²) in [7, 11) is 0. The minimum atomic E-state index is -2.27. The first-order valence-corrected chi connectivity index (χ1v) is 13.1. The van der Waals surface area contributed by atoms with Crippen molar-refractivity contribution in [2.45, 2.75) is 44.1 Å². The number of para-hydroxylation sites is 2. The standard InChI is InChI=1S/C22H24ClN5O2.C4H6O6/c23-15-6-7-20-18(14-15)25-22(30)28(20)16-8-12-26(13-9-16)10-3-11-27-19-5-2-1-4-17(19)24-21(27)29;5-1(3(7)8)2(6)4(9)10/h1-2,4-7,14,16H,3,8-13H2,(H,24,29)(H,25,30);1-2,5-6H,(H,7,8)(H,9,10). The smallest absolute Gasteiger partial charge is 0.335 e. The molecule has 0 amide bonds. The Morgan fingerprint density at radius 1 is 0.875 bits per heavy atom. The van der Waals surface area contributed by atoms with Crippen LogP contribution in [-0.2, 0) is 16.1 Å². The van der Waals surface area contributed by atoms with E-state index in [0.29, 0.717) is 11.6 Å². The van der Waals surface area contributed by atoms with E-state index in [2.05, 4.69) is 14.9 Å². The number of carboxylic acids is 2. The normalized spacial score (nSPS) is 16.0. The predicted octanol–water partition coefficient (Wildman–Crippen LogP) is 1.23. The number of aliphatic hydroxyl groups is 2. The van der Waals surface area contributed by atoms with Gasteiger partial charge in [0.1, 0.15) is 0 Å². The molecule has 5 rings (SSSR count). The van der Waals surface area contributed by atoms with E-state index in [1.54, 1.807) is 6.07 Å². The second-order valence-electron chi connectivity index (χ2n) is 9.55. The largest absolute Gasteiger partial charge is 0.479 e. The van der Waals surface area contributed by atoms with E-state index < -0.39 is 24.1 Å². The topological polar surface area (TPSA) is 194 Å². The van der Waals surface area contributed by atoms with Gasteiger partial charge < -0.3 is 35.3 Å². The lowest BCUT2D eigenvalue weighted by atomic mass is 10.0. The van der Waals surface area contributed by atoms with Crippen LogP contribution in [0.5, 0.6) is 0 Å². The van der Waals surface area contributed by atoms with E-state index in [4.69, 9.17) is 32.0 Å². The Kier molecular flexibility index (Phi) is 9.10. The Labute approximate surface area is 231 Å². The van der Waals surface area contributed by atoms with Crippen molar-refractivity contribution in [3.63, 3.8) is 0 Å². The fourth-order valence-electron chi connectivity index (χ4n) is 4.92. The molecule has 0 bridgehead atoms. The monoisotopic (exact) mass is 575 g/mol. The van der Waals surface area contributed by atoms with Crippen LogP contribution < -0.4 is 11.4 Å². The van der Waals surface area contributed by atoms with Crippen LogP contribution in [0.25, 0.3) is 22.1 Å². The Morgan fingerprint density at radius 2 is 1.50 bits per heavy atom. The van der Waals surface area contributed by atoms with Gasteiger partial charge in [-0.1, -0.05) is 23.7 Å². The van der Waals surface area contributed by atoms with Crippen molar-refractivity contribution < 1.29 is 30.0 Å². The molecular formula is C26H30ClN5O8. The van der Waals surface area contributed by atoms with Gasteiger partial charge in [-0.3, -0.25) is 9.13 Å². The highest BCUT2D eigenvalue weighted by molar-refractivity contribution is 6.31. The Morgan fingerprint density at radius 3 is 2.15 bits per heavy atom. The van der Waals surface area contributed by atoms with E-state index in [0.717, 1.165) is 61.0 Å². The number of rotatable bonds is 8. The molecule has 0 saturated carbocycles. The SMILES string of the molecule is O=C(O)C(O)C(O)C(=O)O.O=c1[nH]c2ccccc2n1CCCN1CCC(n2c(=O)[nH]c3cc(Cl)ccc32)CC1. The minimum Gasteiger partial charge on any atom is -0.479 e. The maximum Gasteiger partial charge on any atom is 0.335 e. The number of carboxylic acid groups (broad SMARTS) is 2. The lowest BCUT2D eigenvalue weighted by molar-refractivity contribution is -0.165. The number of hydrogen-bond acceptors (Lipinski definition) is 7. The van der Waals surface area contributed by atoms with Gasteiger partial charge in [0.25, 0.3) is 0 Å². The van der Waals surface area contributed by atoms with Gasteiger partial charge in [-0.2, -0.15) is 0 Å². The van der Waals surface area contributed by atoms with E-state index in [1.165, 1.54) is 0 Å². The third-order valence-electron chi connectivity index (χ3n) is 6.94. The highest BCUT2D eigenvalue weighted by atomic mass is 35.5. The lowest BCUT2D eigenvalue weighted by Crippen LogP contribution is -2.39. The van der Waals surface area contributed by atoms with Crippen LogP contribution >= 0.6 is 11.6 Å². The molecule has 214 valence electrons. The fourth-order valence-corrected chi connectivity index (χ4v) is 5.09. The molecule has 1 saturated heterocycles. The molecule has 1 fully saturated rings. The first kappa shape index (κ1) is 29.1. The van der Waals surface area contributed by atoms with Crippen LogP contribution in [0.15, 0.2) is 52.1 Å². The van der Waals surface area contributed by atoms with E-state index in [9.17, 15) is 19.2 Å². The number of nitrogens with one attached hydrogen (secondary N) is 2. The van der Waals surface area contributed by atoms with Crippen LogP contribution in [0.3, 0.4) is 0 Å². The average molecular weight is 576 g/mol. The number of piperidine rings is 1. The van der Waals surface area contributed by atoms with E-state index >= 15 is 0 Å². The number of H-pyrrole nitrogens is 2. The number of carbonyl (C=O) groups is 2. The summed E-state index contributed by atoms with van der Waals surface area (Å²) in [5.41, 5.74) is 3.44. The molecule has 40 heavy (non-hydrogen) atoms. The van der Waals surface area contributed by atoms with Crippen LogP contribution in [0.2, 0.25) is 5.02 Å². The summed E-state index contributed by atoms with van der Waals surface area (Å²) in [6.45, 7) is 3.53. The summed E-state index contributed by atoms with van der Waals surface area (Å²) in [5, 5.41) is 33.2. The number of benzene rings is 2. The van der Waals surface area contributed by atoms with Crippen molar-refractivity contribution in [3.8, 4) is 0 Å². The first-order chi connectivity index (χ1) is 19.1. The number of fused-ring (bicyclic) bond motifs is 2. The summed E-state index contributed by atoms with van der Waals surface area (Å²) in [6.07, 6.45) is -1.75. The third kappa shape index (κ3) is 6.45. The second-order valence-corrected chi connectivity index (χ2v) is 9.99. The zero-order valence-corrected chi connectivity index (χ0v) is 22.1. The molecular weight excluding hydrogens is 546 g/mol. The van der Waals surface area contributed by atoms with Gasteiger partial charge in [0, 0.05) is 30.7 Å². The zero-order chi connectivity index (χ0) is 29.0. The molecule has 13 nitrogen and oxygen atoms in total. The van der Waals surface area contributed by atoms with Gasteiger partial charge in [-0.05, 0) is 56.1 Å². The van der Waals surface area contributed by atoms with Crippen LogP contribution in [0, 0.1) is 0 Å². The summed E-state index contributed by atoms with van der Waals surface area (Å²) in [6, 6.07) is 13.5. The van der Waals surface area contributed by atoms with Crippen molar-refractivity contribution >= 4 is 45.6 Å². The summed E-state index contributed by atoms with van der Waals surface area (Å²) < 4.78 is 3.70. The number of halogens is 1. The lowest BCUT2D eigenvalue weighted by Gasteiger charge is -2.32. The van der Waals surface area contributed by atoms with Crippen molar-refractivity contribution in [1.82, 2.24) is 24.0 Å². The summed E-state index contributed by atoms with van der Waals surface area (Å²) in [5.74, 6) is -3.54. The highest BCUT2D eigenvalue weighted by Gasteiger charge is 2.29. The van der Waals surface area contributed by atoms with E-state index in [1.807, 2.05) is 45.5 Å². The molecule has 2 atom stereocenters. The fraction of sp³-hybridized carbons (Fsp3) is 0.385. The number of aryl methyl sites for hydroxylation is 1. The highest BCUT2D eigenvalue weighted by Crippen LogP contribution is 2.26. The molecule has 3 heterocycles. The molecule has 0 spiro atoms. The molecule has 14 heteroatoms. The first-order valence-electron chi connectivity index (χ1n) is 12.7. The van der Waals surface area contributed by atoms with Crippen LogP contribution in [-0.4, -0.2) is 88.2 Å². The van der Waals surface area contributed by atoms with Crippen molar-refractivity contribution in [2.24, 2.45) is 0 Å². The average Bonchev–Trinajstić information content (AvgIpc) is 3.43. The molecule has 0 radical (unpaired) electrons. The molecule has 2 aromatic carbocycles. The van der Waals surface area contributed by atoms with Crippen molar-refractivity contribution in [1.29, 1.82) is 0 Å². The molecule has 0 aliphatic carbocycles. The van der Waals surface area contributed by atoms with Gasteiger partial charge in [-0.25, -0.2) is 19.2 Å². The summed E-state index contributed by atoms with van der Waals surface area (Å²) in [4.78, 5) is 52.5. The number of aliphatic carboxylic acids is 2. The van der Waals surface area contributed by atoms with Crippen LogP contribution in [0.4, 0.5) is 0 Å². The number of nitrogens with zero attached hydrogens (tertiary/aromatic N) is 3. The maximum absolute atomic E-state index is 12.5. The van der Waals surface area contributed by atoms with Crippen molar-refractivity contribution in [2.75, 3.05) is 19.6 Å². The molecule has 1 aliphatic rings.